The SMILES string of the molecule is CN(Cc1nnc(C2CC2)o1)[C@@H]1CCN(C[C@H](O)Cn2cccn2)C1. The van der Waals surface area contributed by atoms with E-state index in [1.807, 2.05) is 12.3 Å². The molecule has 3 heterocycles. The van der Waals surface area contributed by atoms with Crippen LogP contribution in [0.5, 0.6) is 0 Å². The molecule has 4 rings (SSSR count). The molecule has 136 valence electrons. The summed E-state index contributed by atoms with van der Waals surface area (Å²) in [6, 6.07) is 2.33. The Kier molecular flexibility index (Phi) is 4.82. The van der Waals surface area contributed by atoms with Crippen LogP contribution < -0.4 is 0 Å². The molecule has 2 aromatic rings. The third kappa shape index (κ3) is 4.26. The zero-order valence-corrected chi connectivity index (χ0v) is 14.7. The monoisotopic (exact) mass is 346 g/mol. The fourth-order valence-electron chi connectivity index (χ4n) is 3.49. The van der Waals surface area contributed by atoms with Gasteiger partial charge in [-0.05, 0) is 38.9 Å². The Bertz CT molecular complexity index is 668. The summed E-state index contributed by atoms with van der Waals surface area (Å²) in [6.07, 6.45) is 6.66. The van der Waals surface area contributed by atoms with Gasteiger partial charge in [0.15, 0.2) is 0 Å². The lowest BCUT2D eigenvalue weighted by molar-refractivity contribution is 0.101. The molecule has 8 heteroatoms. The second kappa shape index (κ2) is 7.23. The summed E-state index contributed by atoms with van der Waals surface area (Å²) in [7, 11) is 2.11. The van der Waals surface area contributed by atoms with E-state index in [0.29, 0.717) is 37.5 Å². The lowest BCUT2D eigenvalue weighted by Gasteiger charge is -2.24. The highest BCUT2D eigenvalue weighted by molar-refractivity contribution is 5.00. The molecule has 2 aromatic heterocycles. The molecule has 1 aliphatic carbocycles. The molecule has 0 bridgehead atoms. The predicted molar refractivity (Wildman–Crippen MR) is 90.8 cm³/mol. The van der Waals surface area contributed by atoms with Crippen molar-refractivity contribution in [1.82, 2.24) is 29.8 Å². The standard InChI is InChI=1S/C17H26N6O2/c1-21(12-16-19-20-17(25-16)13-3-4-13)14-5-8-22(9-14)10-15(24)11-23-7-2-6-18-23/h2,6-7,13-15,24H,3-5,8-12H2,1H3/t14-,15+/m1/s1. The number of aliphatic hydroxyl groups excluding tert-OH is 1. The maximum Gasteiger partial charge on any atom is 0.230 e. The van der Waals surface area contributed by atoms with Crippen LogP contribution in [0, 0.1) is 0 Å². The van der Waals surface area contributed by atoms with Gasteiger partial charge in [0.25, 0.3) is 0 Å². The van der Waals surface area contributed by atoms with E-state index < -0.39 is 6.10 Å². The maximum absolute atomic E-state index is 10.3. The molecule has 1 saturated heterocycles. The van der Waals surface area contributed by atoms with Crippen LogP contribution in [-0.4, -0.2) is 73.7 Å². The molecule has 2 fully saturated rings. The number of hydrogen-bond donors (Lipinski definition) is 1. The molecule has 2 aliphatic rings. The number of likely N-dealkylation sites (tertiary alicyclic amines) is 1. The fourth-order valence-corrected chi connectivity index (χ4v) is 3.49. The van der Waals surface area contributed by atoms with E-state index in [0.717, 1.165) is 25.4 Å². The zero-order valence-electron chi connectivity index (χ0n) is 14.7. The van der Waals surface area contributed by atoms with Crippen molar-refractivity contribution >= 4 is 0 Å². The van der Waals surface area contributed by atoms with E-state index in [4.69, 9.17) is 4.42 Å². The van der Waals surface area contributed by atoms with Crippen molar-refractivity contribution in [3.05, 3.63) is 30.2 Å². The number of β-amino-alcohol motifs (C(OH)–C–C–N with tert-alkyl or cyclic N) is 1. The summed E-state index contributed by atoms with van der Waals surface area (Å²) in [5.41, 5.74) is 0. The lowest BCUT2D eigenvalue weighted by atomic mass is 10.2. The first kappa shape index (κ1) is 16.7. The topological polar surface area (TPSA) is 83.5 Å². The third-order valence-electron chi connectivity index (χ3n) is 5.09. The van der Waals surface area contributed by atoms with E-state index in [2.05, 4.69) is 32.1 Å². The van der Waals surface area contributed by atoms with Gasteiger partial charge in [0.05, 0.1) is 19.2 Å². The van der Waals surface area contributed by atoms with E-state index in [9.17, 15) is 5.11 Å². The smallest absolute Gasteiger partial charge is 0.230 e. The minimum Gasteiger partial charge on any atom is -0.424 e. The molecular formula is C17H26N6O2. The van der Waals surface area contributed by atoms with Gasteiger partial charge >= 0.3 is 0 Å². The van der Waals surface area contributed by atoms with Crippen LogP contribution in [0.25, 0.3) is 0 Å². The molecule has 2 atom stereocenters. The van der Waals surface area contributed by atoms with Crippen LogP contribution in [0.2, 0.25) is 0 Å². The van der Waals surface area contributed by atoms with Crippen molar-refractivity contribution in [2.75, 3.05) is 26.7 Å². The van der Waals surface area contributed by atoms with E-state index in [1.165, 1.54) is 12.8 Å². The Balaban J connectivity index is 1.23. The Morgan fingerprint density at radius 1 is 1.32 bits per heavy atom. The molecule has 8 nitrogen and oxygen atoms in total. The quantitative estimate of drug-likeness (QED) is 0.754. The van der Waals surface area contributed by atoms with Crippen molar-refractivity contribution < 1.29 is 9.52 Å². The van der Waals surface area contributed by atoms with Crippen molar-refractivity contribution in [2.24, 2.45) is 0 Å². The van der Waals surface area contributed by atoms with Crippen LogP contribution in [0.1, 0.15) is 37.0 Å². The van der Waals surface area contributed by atoms with E-state index in [-0.39, 0.29) is 0 Å². The first-order chi connectivity index (χ1) is 12.2. The van der Waals surface area contributed by atoms with Gasteiger partial charge in [0.1, 0.15) is 0 Å². The third-order valence-corrected chi connectivity index (χ3v) is 5.09. The molecule has 1 aliphatic heterocycles. The number of hydrogen-bond acceptors (Lipinski definition) is 7. The van der Waals surface area contributed by atoms with Crippen LogP contribution in [0.4, 0.5) is 0 Å². The van der Waals surface area contributed by atoms with Gasteiger partial charge in [0.2, 0.25) is 11.8 Å². The average molecular weight is 346 g/mol. The highest BCUT2D eigenvalue weighted by atomic mass is 16.4. The summed E-state index contributed by atoms with van der Waals surface area (Å²) >= 11 is 0. The summed E-state index contributed by atoms with van der Waals surface area (Å²) in [5, 5.41) is 22.7. The van der Waals surface area contributed by atoms with Crippen LogP contribution >= 0.6 is 0 Å². The summed E-state index contributed by atoms with van der Waals surface area (Å²) < 4.78 is 7.54. The molecule has 0 spiro atoms. The Labute approximate surface area is 147 Å². The first-order valence-corrected chi connectivity index (χ1v) is 9.07. The van der Waals surface area contributed by atoms with Crippen molar-refractivity contribution in [1.29, 1.82) is 0 Å². The molecule has 0 amide bonds. The summed E-state index contributed by atoms with van der Waals surface area (Å²) in [4.78, 5) is 4.60. The summed E-state index contributed by atoms with van der Waals surface area (Å²) in [6.45, 7) is 3.86. The van der Waals surface area contributed by atoms with Gasteiger partial charge in [-0.25, -0.2) is 0 Å². The van der Waals surface area contributed by atoms with Gasteiger partial charge in [0, 0.05) is 37.4 Å². The molecule has 25 heavy (non-hydrogen) atoms. The molecule has 1 saturated carbocycles. The highest BCUT2D eigenvalue weighted by Gasteiger charge is 2.31. The minimum absolute atomic E-state index is 0.402. The fraction of sp³-hybridized carbons (Fsp3) is 0.706. The first-order valence-electron chi connectivity index (χ1n) is 9.07. The largest absolute Gasteiger partial charge is 0.424 e. The van der Waals surface area contributed by atoms with Crippen LogP contribution in [0.3, 0.4) is 0 Å². The number of aliphatic hydroxyl groups is 1. The van der Waals surface area contributed by atoms with Gasteiger partial charge in [-0.1, -0.05) is 0 Å². The van der Waals surface area contributed by atoms with Crippen molar-refractivity contribution in [3.63, 3.8) is 0 Å². The zero-order chi connectivity index (χ0) is 17.2. The van der Waals surface area contributed by atoms with Gasteiger partial charge in [-0.15, -0.1) is 10.2 Å². The van der Waals surface area contributed by atoms with Crippen LogP contribution in [0.15, 0.2) is 22.9 Å². The highest BCUT2D eigenvalue weighted by Crippen LogP contribution is 2.39. The molecule has 0 aromatic carbocycles. The van der Waals surface area contributed by atoms with Gasteiger partial charge < -0.3 is 9.52 Å². The van der Waals surface area contributed by atoms with Crippen LogP contribution in [-0.2, 0) is 13.1 Å². The number of likely N-dealkylation sites (N-methyl/N-ethyl adjacent to an activating group) is 1. The molecule has 0 unspecified atom stereocenters. The Morgan fingerprint density at radius 3 is 2.96 bits per heavy atom. The van der Waals surface area contributed by atoms with Gasteiger partial charge in [-0.2, -0.15) is 5.10 Å². The number of nitrogens with zero attached hydrogens (tertiary/aromatic N) is 6. The molecule has 0 radical (unpaired) electrons. The normalized spacial score (nSPS) is 22.8. The number of aromatic nitrogens is 4. The maximum atomic E-state index is 10.3. The minimum atomic E-state index is -0.402. The summed E-state index contributed by atoms with van der Waals surface area (Å²) in [5.74, 6) is 2.02. The second-order valence-corrected chi connectivity index (χ2v) is 7.31. The lowest BCUT2D eigenvalue weighted by Crippen LogP contribution is -2.37. The second-order valence-electron chi connectivity index (χ2n) is 7.31. The van der Waals surface area contributed by atoms with Gasteiger partial charge in [-0.3, -0.25) is 14.5 Å². The van der Waals surface area contributed by atoms with E-state index in [1.54, 1.807) is 10.9 Å². The van der Waals surface area contributed by atoms with E-state index >= 15 is 0 Å². The number of rotatable bonds is 8. The van der Waals surface area contributed by atoms with Crippen molar-refractivity contribution in [2.45, 2.75) is 50.4 Å². The molecule has 1 N–H and O–H groups in total. The Morgan fingerprint density at radius 2 is 2.20 bits per heavy atom. The average Bonchev–Trinajstić information content (AvgIpc) is 3.00. The predicted octanol–water partition coefficient (Wildman–Crippen LogP) is 0.711. The van der Waals surface area contributed by atoms with Crippen molar-refractivity contribution in [3.8, 4) is 0 Å². The molecular weight excluding hydrogens is 320 g/mol. The Hall–Kier alpha value is -1.77.